The molecule has 0 radical (unpaired) electrons. The first kappa shape index (κ1) is 43.4. The highest BCUT2D eigenvalue weighted by atomic mass is 32.1. The first-order valence-corrected chi connectivity index (χ1v) is 20.1. The Morgan fingerprint density at radius 1 is 0.983 bits per heavy atom. The number of aliphatic carboxylic acids is 1. The second-order valence-electron chi connectivity index (χ2n) is 16.3. The number of benzene rings is 2. The number of aliphatic hydroxyl groups is 4. The van der Waals surface area contributed by atoms with Gasteiger partial charge in [0.1, 0.15) is 42.9 Å². The Bertz CT molecular complexity index is 1970. The summed E-state index contributed by atoms with van der Waals surface area (Å²) in [7, 11) is 0. The van der Waals surface area contributed by atoms with Crippen molar-refractivity contribution in [1.82, 2.24) is 4.98 Å². The van der Waals surface area contributed by atoms with Crippen LogP contribution in [-0.4, -0.2) is 109 Å². The van der Waals surface area contributed by atoms with Crippen LogP contribution >= 0.6 is 11.3 Å². The third-order valence-corrected chi connectivity index (χ3v) is 12.3. The number of carbonyl (C=O) groups is 4. The van der Waals surface area contributed by atoms with E-state index >= 15 is 0 Å². The van der Waals surface area contributed by atoms with E-state index in [2.05, 4.69) is 4.98 Å². The molecule has 6 rings (SSSR count). The molecule has 3 aliphatic rings. The summed E-state index contributed by atoms with van der Waals surface area (Å²) in [4.78, 5) is 56.3. The van der Waals surface area contributed by atoms with Gasteiger partial charge in [0.2, 0.25) is 12.1 Å². The summed E-state index contributed by atoms with van der Waals surface area (Å²) in [5.74, 6) is -3.16. The molecule has 2 aromatic carbocycles. The minimum Gasteiger partial charge on any atom is -0.479 e. The van der Waals surface area contributed by atoms with Gasteiger partial charge < -0.3 is 54.0 Å². The molecule has 11 atom stereocenters. The molecule has 17 heteroatoms. The van der Waals surface area contributed by atoms with Crippen molar-refractivity contribution in [3.8, 4) is 5.75 Å². The lowest BCUT2D eigenvalue weighted by molar-refractivity contribution is -0.271. The standard InChI is InChI=1S/C41H51NO15S/c1-20-7-6-15-41(5)28(57-41)18-26(23-10-13-27-25(17-23)42-21(2)58-27)54-29(43)14-16-40(3,4)36(48)33(47)34(20)56-39(51)52-19-22-8-11-24(12-9-22)53-38-32(46)30(44)31(45)35(55-38)37(49)50/h8-13,17,20,26,28,30-32,34-36,38,44-46,48H,6-7,14-16,18-19H2,1-5H3,(H,49,50)/t20-,26-,28-,30-,31-,32+,34-,35-,36?,38+,41+/m0/s1. The third kappa shape index (κ3) is 9.96. The number of rotatable bonds is 7. The number of hydrogen-bond acceptors (Lipinski definition) is 16. The van der Waals surface area contributed by atoms with Gasteiger partial charge in [-0.1, -0.05) is 45.4 Å². The van der Waals surface area contributed by atoms with E-state index in [1.807, 2.05) is 32.0 Å². The number of aryl methyl sites for hydroxylation is 1. The van der Waals surface area contributed by atoms with Gasteiger partial charge in [0.05, 0.1) is 26.9 Å². The molecule has 0 saturated carbocycles. The zero-order valence-corrected chi connectivity index (χ0v) is 33.8. The normalized spacial score (nSPS) is 33.4. The highest BCUT2D eigenvalue weighted by Gasteiger charge is 2.53. The number of carbonyl (C=O) groups excluding carboxylic acids is 3. The Hall–Kier alpha value is -4.23. The number of ketones is 1. The van der Waals surface area contributed by atoms with Crippen molar-refractivity contribution >= 4 is 45.4 Å². The van der Waals surface area contributed by atoms with Gasteiger partial charge >= 0.3 is 18.1 Å². The number of esters is 1. The van der Waals surface area contributed by atoms with Gasteiger partial charge in [-0.25, -0.2) is 14.6 Å². The number of aromatic nitrogens is 1. The zero-order valence-electron chi connectivity index (χ0n) is 32.9. The summed E-state index contributed by atoms with van der Waals surface area (Å²) in [6.07, 6.45) is -11.6. The second kappa shape index (κ2) is 17.6. The smallest absolute Gasteiger partial charge is 0.479 e. The topological polar surface area (TPSA) is 241 Å². The van der Waals surface area contributed by atoms with Crippen LogP contribution in [0, 0.1) is 18.3 Å². The van der Waals surface area contributed by atoms with Gasteiger partial charge in [-0.2, -0.15) is 0 Å². The average Bonchev–Trinajstić information content (AvgIpc) is 3.65. The number of epoxide rings is 1. The molecule has 1 unspecified atom stereocenters. The predicted octanol–water partition coefficient (Wildman–Crippen LogP) is 4.29. The van der Waals surface area contributed by atoms with Crippen LogP contribution in [0.5, 0.6) is 5.75 Å². The molecule has 0 aliphatic carbocycles. The highest BCUT2D eigenvalue weighted by molar-refractivity contribution is 7.18. The van der Waals surface area contributed by atoms with Gasteiger partial charge in [-0.05, 0) is 73.9 Å². The number of hydrogen-bond donors (Lipinski definition) is 5. The minimum absolute atomic E-state index is 0.0795. The van der Waals surface area contributed by atoms with Crippen LogP contribution in [0.25, 0.3) is 10.2 Å². The van der Waals surface area contributed by atoms with Gasteiger partial charge in [0, 0.05) is 18.8 Å². The maximum absolute atomic E-state index is 13.9. The molecule has 0 spiro atoms. The number of thiazole rings is 1. The fraction of sp³-hybridized carbons (Fsp3) is 0.585. The molecule has 16 nitrogen and oxygen atoms in total. The molecule has 3 aliphatic heterocycles. The van der Waals surface area contributed by atoms with Crippen molar-refractivity contribution in [3.05, 3.63) is 58.6 Å². The molecule has 0 bridgehead atoms. The molecule has 4 heterocycles. The highest BCUT2D eigenvalue weighted by Crippen LogP contribution is 2.47. The summed E-state index contributed by atoms with van der Waals surface area (Å²) < 4.78 is 34.9. The Morgan fingerprint density at radius 3 is 2.41 bits per heavy atom. The number of aliphatic hydroxyl groups excluding tert-OH is 4. The maximum atomic E-state index is 13.9. The van der Waals surface area contributed by atoms with E-state index in [1.165, 1.54) is 24.3 Å². The van der Waals surface area contributed by atoms with Crippen LogP contribution in [0.2, 0.25) is 0 Å². The summed E-state index contributed by atoms with van der Waals surface area (Å²) >= 11 is 1.59. The maximum Gasteiger partial charge on any atom is 0.509 e. The first-order chi connectivity index (χ1) is 27.3. The Morgan fingerprint density at radius 2 is 1.71 bits per heavy atom. The van der Waals surface area contributed by atoms with Crippen LogP contribution in [0.15, 0.2) is 42.5 Å². The monoisotopic (exact) mass is 829 g/mol. The van der Waals surface area contributed by atoms with E-state index in [9.17, 15) is 44.7 Å². The number of carboxylic acid groups (broad SMARTS) is 1. The Balaban J connectivity index is 1.09. The predicted molar refractivity (Wildman–Crippen MR) is 205 cm³/mol. The third-order valence-electron chi connectivity index (χ3n) is 11.3. The number of Topliss-reactive ketones (excluding diaryl/α,β-unsaturated/α-hetero) is 1. The molecular formula is C41H51NO15S. The van der Waals surface area contributed by atoms with Gasteiger partial charge in [0.25, 0.3) is 0 Å². The molecule has 58 heavy (non-hydrogen) atoms. The molecule has 0 amide bonds. The first-order valence-electron chi connectivity index (χ1n) is 19.3. The average molecular weight is 830 g/mol. The Labute approximate surface area is 339 Å². The van der Waals surface area contributed by atoms with E-state index in [4.69, 9.17) is 28.4 Å². The van der Waals surface area contributed by atoms with Crippen molar-refractivity contribution < 1.29 is 73.1 Å². The molecule has 1 aromatic heterocycles. The fourth-order valence-corrected chi connectivity index (χ4v) is 8.25. The molecule has 5 N–H and O–H groups in total. The number of nitrogens with zero attached hydrogens (tertiary/aromatic N) is 1. The number of carboxylic acids is 1. The van der Waals surface area contributed by atoms with E-state index < -0.39 is 89.8 Å². The van der Waals surface area contributed by atoms with Crippen LogP contribution in [-0.2, 0) is 44.7 Å². The van der Waals surface area contributed by atoms with Gasteiger partial charge in [-0.3, -0.25) is 9.59 Å². The minimum atomic E-state index is -1.87. The zero-order chi connectivity index (χ0) is 42.1. The second-order valence-corrected chi connectivity index (χ2v) is 17.6. The molecule has 3 fully saturated rings. The van der Waals surface area contributed by atoms with E-state index in [-0.39, 0.29) is 31.3 Å². The molecule has 316 valence electrons. The van der Waals surface area contributed by atoms with E-state index in [0.717, 1.165) is 20.8 Å². The van der Waals surface area contributed by atoms with Crippen LogP contribution < -0.4 is 4.74 Å². The summed E-state index contributed by atoms with van der Waals surface area (Å²) in [6.45, 7) is 8.74. The van der Waals surface area contributed by atoms with E-state index in [0.29, 0.717) is 31.2 Å². The van der Waals surface area contributed by atoms with Crippen molar-refractivity contribution in [1.29, 1.82) is 0 Å². The molecule has 3 saturated heterocycles. The summed E-state index contributed by atoms with van der Waals surface area (Å²) in [5, 5.41) is 51.8. The fourth-order valence-electron chi connectivity index (χ4n) is 7.44. The van der Waals surface area contributed by atoms with Crippen LogP contribution in [0.1, 0.15) is 88.5 Å². The number of fused-ring (bicyclic) bond motifs is 2. The summed E-state index contributed by atoms with van der Waals surface area (Å²) in [6, 6.07) is 11.7. The van der Waals surface area contributed by atoms with Gasteiger partial charge in [-0.15, -0.1) is 11.3 Å². The van der Waals surface area contributed by atoms with Crippen molar-refractivity contribution in [2.75, 3.05) is 0 Å². The van der Waals surface area contributed by atoms with Crippen molar-refractivity contribution in [3.63, 3.8) is 0 Å². The number of ether oxygens (including phenoxy) is 6. The largest absolute Gasteiger partial charge is 0.509 e. The lowest BCUT2D eigenvalue weighted by atomic mass is 9.77. The summed E-state index contributed by atoms with van der Waals surface area (Å²) in [5.41, 5.74) is 0.526. The molecule has 3 aromatic rings. The van der Waals surface area contributed by atoms with Crippen molar-refractivity contribution in [2.45, 2.75) is 140 Å². The molecular weight excluding hydrogens is 779 g/mol. The quantitative estimate of drug-likeness (QED) is 0.165. The number of cyclic esters (lactones) is 1. The van der Waals surface area contributed by atoms with Crippen molar-refractivity contribution in [2.24, 2.45) is 11.3 Å². The SMILES string of the molecule is Cc1nc2cc([C@@H]3C[C@@H]4O[C@]4(C)CCC[C@H](C)[C@H](OC(=O)OCc4ccc(O[C@@H]5O[C@H](C(=O)O)[C@@H](O)[C@H](O)[C@H]5O)cc4)C(=O)C(O)C(C)(C)CCC(=O)O3)ccc2s1. The lowest BCUT2D eigenvalue weighted by Gasteiger charge is -2.38. The van der Waals surface area contributed by atoms with E-state index in [1.54, 1.807) is 32.1 Å². The van der Waals surface area contributed by atoms with Crippen LogP contribution in [0.4, 0.5) is 4.79 Å². The van der Waals surface area contributed by atoms with Gasteiger partial charge in [0.15, 0.2) is 12.2 Å². The lowest BCUT2D eigenvalue weighted by Crippen LogP contribution is -2.61. The van der Waals surface area contributed by atoms with Crippen LogP contribution in [0.3, 0.4) is 0 Å². The Kier molecular flexibility index (Phi) is 13.1.